The summed E-state index contributed by atoms with van der Waals surface area (Å²) in [6.07, 6.45) is -6.14. The summed E-state index contributed by atoms with van der Waals surface area (Å²) in [5.41, 5.74) is -0.0588. The lowest BCUT2D eigenvalue weighted by Gasteiger charge is -2.19. The topological polar surface area (TPSA) is 49.3 Å². The summed E-state index contributed by atoms with van der Waals surface area (Å²) < 4.78 is 36.5. The molecule has 0 aliphatic heterocycles. The minimum Gasteiger partial charge on any atom is -0.382 e. The van der Waals surface area contributed by atoms with Crippen molar-refractivity contribution in [3.05, 3.63) is 34.9 Å². The number of hydrogen-bond acceptors (Lipinski definition) is 2. The van der Waals surface area contributed by atoms with Crippen LogP contribution in [-0.4, -0.2) is 29.8 Å². The molecule has 1 saturated carbocycles. The van der Waals surface area contributed by atoms with Crippen molar-refractivity contribution in [1.82, 2.24) is 5.32 Å². The molecule has 1 unspecified atom stereocenters. The van der Waals surface area contributed by atoms with Gasteiger partial charge >= 0.3 is 6.18 Å². The average molecular weight is 308 g/mol. The highest BCUT2D eigenvalue weighted by atomic mass is 35.5. The summed E-state index contributed by atoms with van der Waals surface area (Å²) >= 11 is 5.76. The first-order valence-corrected chi connectivity index (χ1v) is 6.43. The summed E-state index contributed by atoms with van der Waals surface area (Å²) in [6, 6.07) is 6.65. The van der Waals surface area contributed by atoms with Gasteiger partial charge in [-0.1, -0.05) is 23.7 Å². The van der Waals surface area contributed by atoms with Crippen molar-refractivity contribution in [2.24, 2.45) is 0 Å². The summed E-state index contributed by atoms with van der Waals surface area (Å²) in [6.45, 7) is -0.836. The molecule has 20 heavy (non-hydrogen) atoms. The molecule has 1 aliphatic rings. The number of halogens is 4. The van der Waals surface area contributed by atoms with Crippen LogP contribution in [0, 0.1) is 0 Å². The summed E-state index contributed by atoms with van der Waals surface area (Å²) in [4.78, 5) is 12.0. The van der Waals surface area contributed by atoms with Crippen molar-refractivity contribution in [3.63, 3.8) is 0 Å². The fourth-order valence-electron chi connectivity index (χ4n) is 2.02. The number of benzene rings is 1. The SMILES string of the molecule is O=C(NCC(O)C(F)(F)F)C1(c2ccc(Cl)cc2)CC1. The molecule has 0 bridgehead atoms. The maximum absolute atomic E-state index is 12.2. The standard InChI is InChI=1S/C13H13ClF3NO2/c14-9-3-1-8(2-4-9)12(5-6-12)11(20)18-7-10(19)13(15,16)17/h1-4,10,19H,5-7H2,(H,18,20). The van der Waals surface area contributed by atoms with Crippen LogP contribution in [0.5, 0.6) is 0 Å². The third kappa shape index (κ3) is 3.07. The molecule has 7 heteroatoms. The van der Waals surface area contributed by atoms with E-state index < -0.39 is 30.1 Å². The van der Waals surface area contributed by atoms with Gasteiger partial charge in [-0.05, 0) is 30.5 Å². The monoisotopic (exact) mass is 307 g/mol. The maximum Gasteiger partial charge on any atom is 0.416 e. The summed E-state index contributed by atoms with van der Waals surface area (Å²) in [7, 11) is 0. The number of nitrogens with one attached hydrogen (secondary N) is 1. The van der Waals surface area contributed by atoms with E-state index in [0.29, 0.717) is 17.9 Å². The first-order valence-electron chi connectivity index (χ1n) is 6.05. The van der Waals surface area contributed by atoms with Crippen LogP contribution in [0.1, 0.15) is 18.4 Å². The predicted octanol–water partition coefficient (Wildman–Crippen LogP) is 2.41. The molecule has 1 fully saturated rings. The average Bonchev–Trinajstić information content (AvgIpc) is 3.16. The molecule has 0 aromatic heterocycles. The first-order chi connectivity index (χ1) is 9.25. The number of alkyl halides is 3. The van der Waals surface area contributed by atoms with Crippen LogP contribution in [0.2, 0.25) is 5.02 Å². The predicted molar refractivity (Wildman–Crippen MR) is 67.4 cm³/mol. The number of aliphatic hydroxyl groups is 1. The van der Waals surface area contributed by atoms with E-state index in [1.165, 1.54) is 0 Å². The Kier molecular flexibility index (Phi) is 3.97. The highest BCUT2D eigenvalue weighted by molar-refractivity contribution is 6.30. The van der Waals surface area contributed by atoms with Crippen LogP contribution >= 0.6 is 11.6 Å². The molecule has 1 amide bonds. The molecule has 1 aliphatic carbocycles. The summed E-state index contributed by atoms with van der Waals surface area (Å²) in [5, 5.41) is 11.6. The minimum atomic E-state index is -4.73. The molecule has 1 atom stereocenters. The van der Waals surface area contributed by atoms with Crippen LogP contribution in [0.3, 0.4) is 0 Å². The fourth-order valence-corrected chi connectivity index (χ4v) is 2.14. The quantitative estimate of drug-likeness (QED) is 0.897. The Balaban J connectivity index is 2.01. The van der Waals surface area contributed by atoms with Crippen molar-refractivity contribution in [2.45, 2.75) is 30.5 Å². The molecule has 2 N–H and O–H groups in total. The number of carbonyl (C=O) groups excluding carboxylic acids is 1. The van der Waals surface area contributed by atoms with Gasteiger partial charge in [0.05, 0.1) is 12.0 Å². The van der Waals surface area contributed by atoms with Crippen LogP contribution in [0.15, 0.2) is 24.3 Å². The van der Waals surface area contributed by atoms with Crippen molar-refractivity contribution in [3.8, 4) is 0 Å². The van der Waals surface area contributed by atoms with Gasteiger partial charge in [-0.2, -0.15) is 13.2 Å². The third-order valence-corrected chi connectivity index (χ3v) is 3.67. The lowest BCUT2D eigenvalue weighted by Crippen LogP contribution is -2.44. The largest absolute Gasteiger partial charge is 0.416 e. The molecule has 1 aromatic carbocycles. The first kappa shape index (κ1) is 15.1. The van der Waals surface area contributed by atoms with Crippen molar-refractivity contribution < 1.29 is 23.1 Å². The van der Waals surface area contributed by atoms with E-state index in [2.05, 4.69) is 5.32 Å². The van der Waals surface area contributed by atoms with Crippen LogP contribution in [-0.2, 0) is 10.2 Å². The molecule has 0 spiro atoms. The molecule has 2 rings (SSSR count). The molecule has 0 radical (unpaired) electrons. The molecule has 3 nitrogen and oxygen atoms in total. The van der Waals surface area contributed by atoms with Gasteiger partial charge in [0.2, 0.25) is 5.91 Å². The number of rotatable bonds is 4. The van der Waals surface area contributed by atoms with E-state index >= 15 is 0 Å². The van der Waals surface area contributed by atoms with Crippen LogP contribution in [0.4, 0.5) is 13.2 Å². The molecular formula is C13H13ClF3NO2. The Bertz CT molecular complexity index is 497. The van der Waals surface area contributed by atoms with E-state index in [1.54, 1.807) is 24.3 Å². The van der Waals surface area contributed by atoms with Crippen molar-refractivity contribution in [1.29, 1.82) is 0 Å². The van der Waals surface area contributed by atoms with E-state index in [4.69, 9.17) is 16.7 Å². The summed E-state index contributed by atoms with van der Waals surface area (Å²) in [5.74, 6) is -0.497. The van der Waals surface area contributed by atoms with E-state index in [0.717, 1.165) is 5.56 Å². The number of aliphatic hydroxyl groups excluding tert-OH is 1. The fraction of sp³-hybridized carbons (Fsp3) is 0.462. The zero-order valence-corrected chi connectivity index (χ0v) is 11.1. The number of carbonyl (C=O) groups is 1. The van der Waals surface area contributed by atoms with Gasteiger partial charge in [0.1, 0.15) is 0 Å². The molecule has 0 saturated heterocycles. The highest BCUT2D eigenvalue weighted by Gasteiger charge is 2.51. The van der Waals surface area contributed by atoms with Gasteiger partial charge in [0, 0.05) is 5.02 Å². The molecular weight excluding hydrogens is 295 g/mol. The number of hydrogen-bond donors (Lipinski definition) is 2. The maximum atomic E-state index is 12.2. The second kappa shape index (κ2) is 5.26. The van der Waals surface area contributed by atoms with Crippen molar-refractivity contribution in [2.75, 3.05) is 6.54 Å². The normalized spacial score (nSPS) is 18.4. The van der Waals surface area contributed by atoms with Gasteiger partial charge in [0.25, 0.3) is 0 Å². The molecule has 1 aromatic rings. The van der Waals surface area contributed by atoms with Crippen LogP contribution < -0.4 is 5.32 Å². The lowest BCUT2D eigenvalue weighted by molar-refractivity contribution is -0.201. The third-order valence-electron chi connectivity index (χ3n) is 3.42. The Morgan fingerprint density at radius 1 is 1.35 bits per heavy atom. The zero-order valence-electron chi connectivity index (χ0n) is 10.4. The van der Waals surface area contributed by atoms with Crippen molar-refractivity contribution >= 4 is 17.5 Å². The van der Waals surface area contributed by atoms with Gasteiger partial charge in [0.15, 0.2) is 6.10 Å². The van der Waals surface area contributed by atoms with E-state index in [1.807, 2.05) is 0 Å². The van der Waals surface area contributed by atoms with Gasteiger partial charge in [-0.15, -0.1) is 0 Å². The van der Waals surface area contributed by atoms with Gasteiger partial charge in [-0.25, -0.2) is 0 Å². The lowest BCUT2D eigenvalue weighted by atomic mass is 9.95. The smallest absolute Gasteiger partial charge is 0.382 e. The van der Waals surface area contributed by atoms with Crippen LogP contribution in [0.25, 0.3) is 0 Å². The second-order valence-electron chi connectivity index (χ2n) is 4.86. The Labute approximate surface area is 118 Å². The second-order valence-corrected chi connectivity index (χ2v) is 5.29. The van der Waals surface area contributed by atoms with E-state index in [-0.39, 0.29) is 0 Å². The van der Waals surface area contributed by atoms with Gasteiger partial charge < -0.3 is 10.4 Å². The Morgan fingerprint density at radius 3 is 2.35 bits per heavy atom. The molecule has 110 valence electrons. The number of amides is 1. The Hall–Kier alpha value is -1.27. The Morgan fingerprint density at radius 2 is 1.90 bits per heavy atom. The van der Waals surface area contributed by atoms with Gasteiger partial charge in [-0.3, -0.25) is 4.79 Å². The molecule has 0 heterocycles. The highest BCUT2D eigenvalue weighted by Crippen LogP contribution is 2.48. The zero-order chi connectivity index (χ0) is 15.0. The van der Waals surface area contributed by atoms with E-state index in [9.17, 15) is 18.0 Å². The minimum absolute atomic E-state index is 0.497.